The fraction of sp³-hybridized carbons (Fsp3) is 0.208. The average molecular weight is 374 g/mol. The molecular formula is C24H26N2O2. The zero-order chi connectivity index (χ0) is 19.6. The molecule has 1 heterocycles. The molecule has 0 bridgehead atoms. The van der Waals surface area contributed by atoms with Crippen molar-refractivity contribution in [1.82, 2.24) is 9.47 Å². The number of methoxy groups -OCH3 is 1. The molecule has 4 heteroatoms. The smallest absolute Gasteiger partial charge is 0.247 e. The summed E-state index contributed by atoms with van der Waals surface area (Å²) in [5.74, 6) is -0.0200. The van der Waals surface area contributed by atoms with Crippen molar-refractivity contribution in [3.05, 3.63) is 102 Å². The van der Waals surface area contributed by atoms with Crippen molar-refractivity contribution < 1.29 is 9.53 Å². The van der Waals surface area contributed by atoms with Crippen LogP contribution in [0, 0.1) is 0 Å². The number of aromatic nitrogens is 1. The van der Waals surface area contributed by atoms with Gasteiger partial charge in [-0.1, -0.05) is 60.7 Å². The molecule has 28 heavy (non-hydrogen) atoms. The fourth-order valence-corrected chi connectivity index (χ4v) is 3.03. The summed E-state index contributed by atoms with van der Waals surface area (Å²) in [6.45, 7) is 2.38. The lowest BCUT2D eigenvalue weighted by molar-refractivity contribution is -0.127. The first-order valence-corrected chi connectivity index (χ1v) is 9.45. The molecule has 4 nitrogen and oxygen atoms in total. The fourth-order valence-electron chi connectivity index (χ4n) is 3.03. The highest BCUT2D eigenvalue weighted by atomic mass is 16.5. The third-order valence-corrected chi connectivity index (χ3v) is 4.57. The monoisotopic (exact) mass is 374 g/mol. The van der Waals surface area contributed by atoms with Crippen LogP contribution in [0.3, 0.4) is 0 Å². The standard InChI is InChI=1S/C24H26N2O2/c1-28-18-17-26(24(27)15-14-21-9-4-2-5-10-21)20-23-13-8-16-25(23)19-22-11-6-3-7-12-22/h2-16H,17-20H2,1H3. The molecule has 0 aliphatic carbocycles. The third-order valence-electron chi connectivity index (χ3n) is 4.57. The summed E-state index contributed by atoms with van der Waals surface area (Å²) in [6.07, 6.45) is 5.54. The van der Waals surface area contributed by atoms with Gasteiger partial charge in [-0.25, -0.2) is 0 Å². The normalized spacial score (nSPS) is 11.0. The molecule has 0 unspecified atom stereocenters. The van der Waals surface area contributed by atoms with Gasteiger partial charge >= 0.3 is 0 Å². The molecule has 0 saturated carbocycles. The Labute approximate surface area is 166 Å². The lowest BCUT2D eigenvalue weighted by atomic mass is 10.2. The quantitative estimate of drug-likeness (QED) is 0.526. The van der Waals surface area contributed by atoms with Crippen LogP contribution in [0.4, 0.5) is 0 Å². The Bertz CT molecular complexity index is 885. The molecule has 2 aromatic carbocycles. The Morgan fingerprint density at radius 3 is 2.43 bits per heavy atom. The first kappa shape index (κ1) is 19.6. The van der Waals surface area contributed by atoms with Crippen LogP contribution in [0.1, 0.15) is 16.8 Å². The van der Waals surface area contributed by atoms with E-state index in [1.807, 2.05) is 65.6 Å². The van der Waals surface area contributed by atoms with Crippen molar-refractivity contribution in [3.63, 3.8) is 0 Å². The van der Waals surface area contributed by atoms with Gasteiger partial charge in [-0.05, 0) is 29.3 Å². The average Bonchev–Trinajstić information content (AvgIpc) is 3.17. The van der Waals surface area contributed by atoms with Crippen molar-refractivity contribution in [2.24, 2.45) is 0 Å². The molecule has 1 aromatic heterocycles. The van der Waals surface area contributed by atoms with Crippen LogP contribution in [0.15, 0.2) is 85.1 Å². The first-order chi connectivity index (χ1) is 13.8. The van der Waals surface area contributed by atoms with E-state index in [0.29, 0.717) is 19.7 Å². The summed E-state index contributed by atoms with van der Waals surface area (Å²) < 4.78 is 7.39. The number of carbonyl (C=O) groups is 1. The van der Waals surface area contributed by atoms with E-state index in [2.05, 4.69) is 29.0 Å². The van der Waals surface area contributed by atoms with Gasteiger partial charge in [0.1, 0.15) is 0 Å². The van der Waals surface area contributed by atoms with E-state index >= 15 is 0 Å². The second kappa shape index (κ2) is 10.3. The summed E-state index contributed by atoms with van der Waals surface area (Å²) in [6, 6.07) is 24.3. The zero-order valence-electron chi connectivity index (χ0n) is 16.2. The van der Waals surface area contributed by atoms with Gasteiger partial charge in [0.2, 0.25) is 5.91 Å². The predicted molar refractivity (Wildman–Crippen MR) is 113 cm³/mol. The van der Waals surface area contributed by atoms with Gasteiger partial charge in [-0.3, -0.25) is 4.79 Å². The molecule has 0 fully saturated rings. The maximum Gasteiger partial charge on any atom is 0.247 e. The number of amides is 1. The largest absolute Gasteiger partial charge is 0.383 e. The predicted octanol–water partition coefficient (Wildman–Crippen LogP) is 4.22. The molecular weight excluding hydrogens is 348 g/mol. The first-order valence-electron chi connectivity index (χ1n) is 9.45. The Morgan fingerprint density at radius 1 is 1.00 bits per heavy atom. The highest BCUT2D eigenvalue weighted by molar-refractivity contribution is 5.91. The molecule has 0 saturated heterocycles. The van der Waals surface area contributed by atoms with E-state index in [9.17, 15) is 4.79 Å². The van der Waals surface area contributed by atoms with Gasteiger partial charge < -0.3 is 14.2 Å². The molecule has 0 atom stereocenters. The van der Waals surface area contributed by atoms with E-state index in [0.717, 1.165) is 17.8 Å². The van der Waals surface area contributed by atoms with Crippen molar-refractivity contribution in [3.8, 4) is 0 Å². The van der Waals surface area contributed by atoms with Gasteiger partial charge in [0.15, 0.2) is 0 Å². The number of benzene rings is 2. The number of carbonyl (C=O) groups excluding carboxylic acids is 1. The minimum atomic E-state index is -0.0200. The molecule has 0 spiro atoms. The lowest BCUT2D eigenvalue weighted by Crippen LogP contribution is -2.33. The minimum Gasteiger partial charge on any atom is -0.383 e. The van der Waals surface area contributed by atoms with Crippen LogP contribution in [0.2, 0.25) is 0 Å². The lowest BCUT2D eigenvalue weighted by Gasteiger charge is -2.22. The maximum atomic E-state index is 12.8. The Morgan fingerprint density at radius 2 is 1.71 bits per heavy atom. The Hall–Kier alpha value is -3.11. The zero-order valence-corrected chi connectivity index (χ0v) is 16.2. The van der Waals surface area contributed by atoms with E-state index in [4.69, 9.17) is 4.74 Å². The number of rotatable bonds is 9. The molecule has 3 rings (SSSR count). The van der Waals surface area contributed by atoms with E-state index in [-0.39, 0.29) is 5.91 Å². The number of ether oxygens (including phenoxy) is 1. The third kappa shape index (κ3) is 5.69. The molecule has 0 aliphatic rings. The SMILES string of the molecule is COCCN(Cc1cccn1Cc1ccccc1)C(=O)C=Cc1ccccc1. The number of hydrogen-bond acceptors (Lipinski definition) is 2. The summed E-state index contributed by atoms with van der Waals surface area (Å²) in [5.41, 5.74) is 3.34. The van der Waals surface area contributed by atoms with Crippen LogP contribution in [-0.2, 0) is 22.6 Å². The molecule has 0 N–H and O–H groups in total. The van der Waals surface area contributed by atoms with Crippen LogP contribution in [0.5, 0.6) is 0 Å². The van der Waals surface area contributed by atoms with Gasteiger partial charge in [-0.2, -0.15) is 0 Å². The van der Waals surface area contributed by atoms with Crippen LogP contribution in [-0.4, -0.2) is 35.6 Å². The van der Waals surface area contributed by atoms with Crippen LogP contribution >= 0.6 is 0 Å². The van der Waals surface area contributed by atoms with Crippen molar-refractivity contribution in [2.45, 2.75) is 13.1 Å². The maximum absolute atomic E-state index is 12.8. The van der Waals surface area contributed by atoms with Gasteiger partial charge in [-0.15, -0.1) is 0 Å². The second-order valence-electron chi connectivity index (χ2n) is 6.61. The van der Waals surface area contributed by atoms with Gasteiger partial charge in [0.05, 0.1) is 13.2 Å². The van der Waals surface area contributed by atoms with Gasteiger partial charge in [0, 0.05) is 38.2 Å². The molecule has 144 valence electrons. The van der Waals surface area contributed by atoms with Crippen molar-refractivity contribution in [1.29, 1.82) is 0 Å². The van der Waals surface area contributed by atoms with E-state index in [1.165, 1.54) is 5.56 Å². The highest BCUT2D eigenvalue weighted by Crippen LogP contribution is 2.12. The molecule has 0 radical (unpaired) electrons. The number of hydrogen-bond donors (Lipinski definition) is 0. The highest BCUT2D eigenvalue weighted by Gasteiger charge is 2.13. The summed E-state index contributed by atoms with van der Waals surface area (Å²) in [4.78, 5) is 14.6. The minimum absolute atomic E-state index is 0.0200. The topological polar surface area (TPSA) is 34.5 Å². The van der Waals surface area contributed by atoms with E-state index < -0.39 is 0 Å². The Kier molecular flexibility index (Phi) is 7.21. The Balaban J connectivity index is 1.71. The van der Waals surface area contributed by atoms with Crippen LogP contribution in [0.25, 0.3) is 6.08 Å². The summed E-state index contributed by atoms with van der Waals surface area (Å²) >= 11 is 0. The molecule has 0 aliphatic heterocycles. The number of nitrogens with zero attached hydrogens (tertiary/aromatic N) is 2. The summed E-state index contributed by atoms with van der Waals surface area (Å²) in [5, 5.41) is 0. The second-order valence-corrected chi connectivity index (χ2v) is 6.61. The van der Waals surface area contributed by atoms with Gasteiger partial charge in [0.25, 0.3) is 0 Å². The molecule has 3 aromatic rings. The van der Waals surface area contributed by atoms with Crippen LogP contribution < -0.4 is 0 Å². The van der Waals surface area contributed by atoms with E-state index in [1.54, 1.807) is 13.2 Å². The molecule has 1 amide bonds. The van der Waals surface area contributed by atoms with Crippen molar-refractivity contribution >= 4 is 12.0 Å². The van der Waals surface area contributed by atoms with Crippen molar-refractivity contribution in [2.75, 3.05) is 20.3 Å². The summed E-state index contributed by atoms with van der Waals surface area (Å²) in [7, 11) is 1.65.